The number of aromatic nitrogens is 1. The van der Waals surface area contributed by atoms with E-state index in [1.165, 1.54) is 6.26 Å². The molecular formula is C21H21ClN2O4S2. The molecule has 2 aromatic heterocycles. The van der Waals surface area contributed by atoms with Crippen LogP contribution in [0, 0.1) is 0 Å². The number of rotatable bonds is 6. The minimum atomic E-state index is -3.29. The number of thiazole rings is 1. The molecular weight excluding hydrogens is 444 g/mol. The van der Waals surface area contributed by atoms with Crippen molar-refractivity contribution in [3.05, 3.63) is 51.9 Å². The third kappa shape index (κ3) is 3.08. The number of sulfone groups is 1. The second-order valence-electron chi connectivity index (χ2n) is 8.60. The molecule has 1 aromatic carbocycles. The Morgan fingerprint density at radius 3 is 2.70 bits per heavy atom. The van der Waals surface area contributed by atoms with Gasteiger partial charge in [0.2, 0.25) is 0 Å². The Morgan fingerprint density at radius 2 is 2.03 bits per heavy atom. The number of nitrogens with one attached hydrogen (secondary N) is 1. The summed E-state index contributed by atoms with van der Waals surface area (Å²) >= 11 is 7.76. The highest BCUT2D eigenvalue weighted by atomic mass is 35.5. The van der Waals surface area contributed by atoms with Gasteiger partial charge in [-0.25, -0.2) is 13.4 Å². The summed E-state index contributed by atoms with van der Waals surface area (Å²) in [5.41, 5.74) is 0.781. The van der Waals surface area contributed by atoms with Crippen LogP contribution in [0.15, 0.2) is 34.7 Å². The predicted molar refractivity (Wildman–Crippen MR) is 117 cm³/mol. The standard InChI is InChI=1S/C21H21ClN2O4S2/c1-3-17(30(2,26)27)14-6-7-15(28-14)18(25)24-21-9-20(10-21,11-21)19-23-13-5-4-12(22)8-16(13)29-19/h4-8,17H,3,9-11H2,1-2H3,(H,24,25). The summed E-state index contributed by atoms with van der Waals surface area (Å²) in [6, 6.07) is 8.86. The number of fused-ring (bicyclic) bond motifs is 1. The molecule has 1 amide bonds. The number of hydrogen-bond donors (Lipinski definition) is 1. The van der Waals surface area contributed by atoms with Crippen molar-refractivity contribution in [2.24, 2.45) is 0 Å². The Balaban J connectivity index is 1.27. The van der Waals surface area contributed by atoms with Gasteiger partial charge in [0.1, 0.15) is 16.0 Å². The molecule has 0 spiro atoms. The fraction of sp³-hybridized carbons (Fsp3) is 0.429. The average molecular weight is 465 g/mol. The molecule has 0 saturated heterocycles. The molecule has 2 bridgehead atoms. The Labute approximate surface area is 183 Å². The molecule has 158 valence electrons. The van der Waals surface area contributed by atoms with Crippen LogP contribution in [0.4, 0.5) is 0 Å². The van der Waals surface area contributed by atoms with E-state index in [2.05, 4.69) is 5.32 Å². The summed E-state index contributed by atoms with van der Waals surface area (Å²) in [5.74, 6) is 0.168. The Morgan fingerprint density at radius 1 is 1.30 bits per heavy atom. The van der Waals surface area contributed by atoms with E-state index < -0.39 is 15.1 Å². The van der Waals surface area contributed by atoms with E-state index in [1.807, 2.05) is 18.2 Å². The topological polar surface area (TPSA) is 89.3 Å². The van der Waals surface area contributed by atoms with Crippen molar-refractivity contribution < 1.29 is 17.6 Å². The van der Waals surface area contributed by atoms with Gasteiger partial charge >= 0.3 is 0 Å². The molecule has 3 aliphatic carbocycles. The summed E-state index contributed by atoms with van der Waals surface area (Å²) in [5, 5.41) is 4.18. The molecule has 0 aliphatic heterocycles. The second-order valence-corrected chi connectivity index (χ2v) is 12.3. The third-order valence-electron chi connectivity index (χ3n) is 6.27. The summed E-state index contributed by atoms with van der Waals surface area (Å²) in [6.45, 7) is 1.78. The van der Waals surface area contributed by atoms with Crippen molar-refractivity contribution in [3.63, 3.8) is 0 Å². The van der Waals surface area contributed by atoms with Crippen LogP contribution in [0.25, 0.3) is 10.2 Å². The van der Waals surface area contributed by atoms with Crippen molar-refractivity contribution in [1.29, 1.82) is 0 Å². The van der Waals surface area contributed by atoms with Gasteiger partial charge in [-0.2, -0.15) is 0 Å². The zero-order valence-electron chi connectivity index (χ0n) is 16.6. The monoisotopic (exact) mass is 464 g/mol. The lowest BCUT2D eigenvalue weighted by atomic mass is 9.39. The van der Waals surface area contributed by atoms with Crippen molar-refractivity contribution >= 4 is 48.9 Å². The smallest absolute Gasteiger partial charge is 0.287 e. The molecule has 2 heterocycles. The molecule has 0 radical (unpaired) electrons. The highest BCUT2D eigenvalue weighted by molar-refractivity contribution is 7.90. The fourth-order valence-corrected chi connectivity index (χ4v) is 7.52. The predicted octanol–water partition coefficient (Wildman–Crippen LogP) is 4.64. The van der Waals surface area contributed by atoms with Gasteiger partial charge < -0.3 is 9.73 Å². The van der Waals surface area contributed by atoms with Crippen molar-refractivity contribution in [3.8, 4) is 0 Å². The molecule has 1 N–H and O–H groups in total. The SMILES string of the molecule is CCC(c1ccc(C(=O)NC23CC(c4nc5ccc(Cl)cc5s4)(C2)C3)o1)S(C)(=O)=O. The van der Waals surface area contributed by atoms with Gasteiger partial charge in [-0.15, -0.1) is 11.3 Å². The van der Waals surface area contributed by atoms with Gasteiger partial charge in [-0.1, -0.05) is 18.5 Å². The zero-order valence-corrected chi connectivity index (χ0v) is 19.0. The van der Waals surface area contributed by atoms with Crippen molar-refractivity contribution in [2.45, 2.75) is 48.8 Å². The summed E-state index contributed by atoms with van der Waals surface area (Å²) < 4.78 is 30.5. The van der Waals surface area contributed by atoms with Gasteiger partial charge in [0, 0.05) is 22.2 Å². The van der Waals surface area contributed by atoms with E-state index in [0.717, 1.165) is 34.5 Å². The number of hydrogen-bond acceptors (Lipinski definition) is 6. The molecule has 1 atom stereocenters. The Kier molecular flexibility index (Phi) is 4.37. The largest absolute Gasteiger partial charge is 0.455 e. The number of carbonyl (C=O) groups excluding carboxylic acids is 1. The van der Waals surface area contributed by atoms with Crippen LogP contribution in [0.3, 0.4) is 0 Å². The highest BCUT2D eigenvalue weighted by Gasteiger charge is 2.70. The maximum Gasteiger partial charge on any atom is 0.287 e. The van der Waals surface area contributed by atoms with Crippen LogP contribution in [-0.2, 0) is 15.3 Å². The first kappa shape index (κ1) is 20.0. The van der Waals surface area contributed by atoms with Gasteiger partial charge in [-0.3, -0.25) is 4.79 Å². The summed E-state index contributed by atoms with van der Waals surface area (Å²) in [6.07, 6.45) is 4.14. The van der Waals surface area contributed by atoms with Gasteiger partial charge in [0.15, 0.2) is 15.6 Å². The Bertz CT molecular complexity index is 1260. The van der Waals surface area contributed by atoms with E-state index in [9.17, 15) is 13.2 Å². The molecule has 3 aliphatic rings. The number of furan rings is 1. The quantitative estimate of drug-likeness (QED) is 0.573. The van der Waals surface area contributed by atoms with Crippen LogP contribution < -0.4 is 5.32 Å². The van der Waals surface area contributed by atoms with E-state index in [-0.39, 0.29) is 22.6 Å². The lowest BCUT2D eigenvalue weighted by Gasteiger charge is -2.69. The van der Waals surface area contributed by atoms with E-state index >= 15 is 0 Å². The maximum atomic E-state index is 12.7. The zero-order chi connectivity index (χ0) is 21.3. The van der Waals surface area contributed by atoms with E-state index in [4.69, 9.17) is 21.0 Å². The second kappa shape index (κ2) is 6.55. The van der Waals surface area contributed by atoms with Crippen LogP contribution in [0.1, 0.15) is 59.2 Å². The third-order valence-corrected chi connectivity index (χ3v) is 9.37. The lowest BCUT2D eigenvalue weighted by molar-refractivity contribution is -0.0811. The normalized spacial score (nSPS) is 26.1. The number of nitrogens with zero attached hydrogens (tertiary/aromatic N) is 1. The minimum Gasteiger partial charge on any atom is -0.455 e. The molecule has 9 heteroatoms. The molecule has 3 aromatic rings. The average Bonchev–Trinajstić information content (AvgIpc) is 3.22. The number of amides is 1. The van der Waals surface area contributed by atoms with Crippen LogP contribution >= 0.6 is 22.9 Å². The van der Waals surface area contributed by atoms with Gasteiger partial charge in [-0.05, 0) is 56.0 Å². The highest BCUT2D eigenvalue weighted by Crippen LogP contribution is 2.68. The van der Waals surface area contributed by atoms with Gasteiger partial charge in [0.05, 0.1) is 10.2 Å². The van der Waals surface area contributed by atoms with E-state index in [0.29, 0.717) is 17.2 Å². The fourth-order valence-electron chi connectivity index (χ4n) is 4.94. The van der Waals surface area contributed by atoms with E-state index in [1.54, 1.807) is 30.4 Å². The molecule has 3 saturated carbocycles. The van der Waals surface area contributed by atoms with Gasteiger partial charge in [0.25, 0.3) is 5.91 Å². The Hall–Kier alpha value is -1.90. The number of benzene rings is 1. The van der Waals surface area contributed by atoms with Crippen molar-refractivity contribution in [2.75, 3.05) is 6.26 Å². The summed E-state index contributed by atoms with van der Waals surface area (Å²) in [7, 11) is -3.29. The first-order chi connectivity index (χ1) is 14.1. The lowest BCUT2D eigenvalue weighted by Crippen LogP contribution is -2.76. The maximum absolute atomic E-state index is 12.7. The first-order valence-electron chi connectivity index (χ1n) is 9.81. The molecule has 1 unspecified atom stereocenters. The minimum absolute atomic E-state index is 0.0430. The first-order valence-corrected chi connectivity index (χ1v) is 13.0. The van der Waals surface area contributed by atoms with Crippen molar-refractivity contribution in [1.82, 2.24) is 10.3 Å². The molecule has 30 heavy (non-hydrogen) atoms. The number of carbonyl (C=O) groups is 1. The number of halogens is 1. The molecule has 6 rings (SSSR count). The summed E-state index contributed by atoms with van der Waals surface area (Å²) in [4.78, 5) is 17.5. The van der Waals surface area contributed by atoms with Crippen LogP contribution in [-0.4, -0.2) is 31.1 Å². The van der Waals surface area contributed by atoms with Crippen LogP contribution in [0.2, 0.25) is 5.02 Å². The molecule has 6 nitrogen and oxygen atoms in total. The van der Waals surface area contributed by atoms with Crippen LogP contribution in [0.5, 0.6) is 0 Å². The molecule has 3 fully saturated rings.